The topological polar surface area (TPSA) is 53.7 Å². The fraction of sp³-hybridized carbons (Fsp3) is 0.292. The molecule has 2 aromatic carbocycles. The number of carbonyl (C=O) groups is 1. The fourth-order valence-corrected chi connectivity index (χ4v) is 4.98. The van der Waals surface area contributed by atoms with Crippen LogP contribution >= 0.6 is 0 Å². The van der Waals surface area contributed by atoms with Gasteiger partial charge in [0.05, 0.1) is 25.0 Å². The summed E-state index contributed by atoms with van der Waals surface area (Å²) in [5.74, 6) is 1.53. The number of nitrogens with zero attached hydrogens (tertiary/aromatic N) is 5. The molecule has 1 aliphatic carbocycles. The normalized spacial score (nSPS) is 22.0. The predicted molar refractivity (Wildman–Crippen MR) is 115 cm³/mol. The fourth-order valence-electron chi connectivity index (χ4n) is 4.98. The lowest BCUT2D eigenvalue weighted by Gasteiger charge is -2.36. The molecule has 0 bridgehead atoms. The third kappa shape index (κ3) is 2.67. The summed E-state index contributed by atoms with van der Waals surface area (Å²) in [6.07, 6.45) is 5.16. The van der Waals surface area contributed by atoms with E-state index < -0.39 is 0 Å². The van der Waals surface area contributed by atoms with Gasteiger partial charge in [0, 0.05) is 6.54 Å². The van der Waals surface area contributed by atoms with Gasteiger partial charge < -0.3 is 4.57 Å². The standard InChI is InChI=1S/C24H23N5O/c30-23-21-22(25-16-27(21)14-17-8-3-1-4-9-17)29-20-13-7-12-19(20)26-24(29)28(23)15-18-10-5-2-6-11-18/h1-6,8-11,16,19-20H,7,12-15H2/t19-,20+/m1/s1. The van der Waals surface area contributed by atoms with Crippen LogP contribution in [0.1, 0.15) is 40.9 Å². The minimum absolute atomic E-state index is 0.0164. The van der Waals surface area contributed by atoms with Gasteiger partial charge in [0.1, 0.15) is 0 Å². The number of guanidine groups is 1. The number of fused-ring (bicyclic) bond motifs is 5. The van der Waals surface area contributed by atoms with Gasteiger partial charge in [-0.25, -0.2) is 9.98 Å². The second-order valence-corrected chi connectivity index (χ2v) is 8.27. The zero-order chi connectivity index (χ0) is 20.1. The molecule has 6 nitrogen and oxygen atoms in total. The average Bonchev–Trinajstić information content (AvgIpc) is 3.47. The van der Waals surface area contributed by atoms with E-state index in [4.69, 9.17) is 9.98 Å². The van der Waals surface area contributed by atoms with Gasteiger partial charge >= 0.3 is 0 Å². The van der Waals surface area contributed by atoms with Crippen LogP contribution in [0.3, 0.4) is 0 Å². The molecule has 2 aliphatic heterocycles. The number of carbonyl (C=O) groups excluding carboxylic acids is 1. The van der Waals surface area contributed by atoms with Gasteiger partial charge in [-0.05, 0) is 30.4 Å². The summed E-state index contributed by atoms with van der Waals surface area (Å²) in [6.45, 7) is 1.15. The number of aliphatic imine (C=N–C) groups is 1. The molecule has 0 spiro atoms. The van der Waals surface area contributed by atoms with Crippen LogP contribution in [0, 0.1) is 0 Å². The SMILES string of the molecule is O=C1c2c(ncn2Cc2ccccc2)N2C(=N[C@@H]3CCC[C@@H]32)N1Cc1ccccc1. The van der Waals surface area contributed by atoms with Crippen LogP contribution in [0.5, 0.6) is 0 Å². The highest BCUT2D eigenvalue weighted by molar-refractivity contribution is 6.18. The van der Waals surface area contributed by atoms with E-state index in [2.05, 4.69) is 29.2 Å². The van der Waals surface area contributed by atoms with E-state index in [0.29, 0.717) is 24.8 Å². The van der Waals surface area contributed by atoms with Gasteiger partial charge in [-0.3, -0.25) is 14.6 Å². The van der Waals surface area contributed by atoms with E-state index in [9.17, 15) is 4.79 Å². The Morgan fingerprint density at radius 3 is 2.33 bits per heavy atom. The van der Waals surface area contributed by atoms with Crippen LogP contribution in [0.25, 0.3) is 0 Å². The molecule has 1 saturated carbocycles. The van der Waals surface area contributed by atoms with Crippen molar-refractivity contribution in [1.82, 2.24) is 14.5 Å². The van der Waals surface area contributed by atoms with E-state index in [1.54, 1.807) is 0 Å². The quantitative estimate of drug-likeness (QED) is 0.675. The molecule has 0 radical (unpaired) electrons. The van der Waals surface area contributed by atoms with E-state index in [0.717, 1.165) is 35.7 Å². The average molecular weight is 397 g/mol. The first-order valence-electron chi connectivity index (χ1n) is 10.6. The van der Waals surface area contributed by atoms with Crippen LogP contribution in [-0.2, 0) is 13.1 Å². The first kappa shape index (κ1) is 17.4. The number of hydrogen-bond donors (Lipinski definition) is 0. The Morgan fingerprint density at radius 2 is 1.60 bits per heavy atom. The monoisotopic (exact) mass is 397 g/mol. The maximum atomic E-state index is 13.7. The lowest BCUT2D eigenvalue weighted by Crippen LogP contribution is -2.53. The first-order chi connectivity index (χ1) is 14.8. The third-order valence-corrected chi connectivity index (χ3v) is 6.39. The number of hydrogen-bond acceptors (Lipinski definition) is 4. The Hall–Kier alpha value is -3.41. The highest BCUT2D eigenvalue weighted by atomic mass is 16.2. The molecule has 0 N–H and O–H groups in total. The smallest absolute Gasteiger partial charge is 0.281 e. The van der Waals surface area contributed by atoms with Crippen molar-refractivity contribution >= 4 is 17.7 Å². The van der Waals surface area contributed by atoms with Gasteiger partial charge in [0.15, 0.2) is 11.5 Å². The van der Waals surface area contributed by atoms with Crippen molar-refractivity contribution in [2.24, 2.45) is 4.99 Å². The Labute approximate surface area is 175 Å². The van der Waals surface area contributed by atoms with Gasteiger partial charge in [-0.1, -0.05) is 60.7 Å². The van der Waals surface area contributed by atoms with Crippen LogP contribution in [0.4, 0.5) is 5.82 Å². The summed E-state index contributed by atoms with van der Waals surface area (Å²) in [6, 6.07) is 20.9. The van der Waals surface area contributed by atoms with E-state index >= 15 is 0 Å². The summed E-state index contributed by atoms with van der Waals surface area (Å²) >= 11 is 0. The number of imidazole rings is 1. The van der Waals surface area contributed by atoms with Gasteiger partial charge in [-0.15, -0.1) is 0 Å². The zero-order valence-corrected chi connectivity index (χ0v) is 16.7. The molecule has 6 rings (SSSR count). The van der Waals surface area contributed by atoms with Crippen LogP contribution < -0.4 is 4.90 Å². The minimum atomic E-state index is -0.0164. The molecule has 1 amide bonds. The van der Waals surface area contributed by atoms with Crippen LogP contribution in [0.15, 0.2) is 72.0 Å². The number of rotatable bonds is 4. The predicted octanol–water partition coefficient (Wildman–Crippen LogP) is 3.68. The van der Waals surface area contributed by atoms with Crippen molar-refractivity contribution in [3.05, 3.63) is 83.8 Å². The molecule has 3 aromatic rings. The van der Waals surface area contributed by atoms with Crippen LogP contribution in [-0.4, -0.2) is 38.4 Å². The van der Waals surface area contributed by atoms with Gasteiger partial charge in [0.25, 0.3) is 5.91 Å². The maximum Gasteiger partial charge on any atom is 0.281 e. The Morgan fingerprint density at radius 1 is 0.900 bits per heavy atom. The molecule has 3 aliphatic rings. The molecule has 30 heavy (non-hydrogen) atoms. The summed E-state index contributed by atoms with van der Waals surface area (Å²) in [4.78, 5) is 27.5. The highest BCUT2D eigenvalue weighted by Gasteiger charge is 2.49. The number of aromatic nitrogens is 2. The molecule has 1 fully saturated rings. The summed E-state index contributed by atoms with van der Waals surface area (Å²) in [5, 5.41) is 0. The molecule has 6 heteroatoms. The second-order valence-electron chi connectivity index (χ2n) is 8.27. The molecule has 3 heterocycles. The van der Waals surface area contributed by atoms with Crippen molar-refractivity contribution in [3.8, 4) is 0 Å². The first-order valence-corrected chi connectivity index (χ1v) is 10.6. The van der Waals surface area contributed by atoms with E-state index in [1.807, 2.05) is 52.2 Å². The largest absolute Gasteiger partial charge is 0.320 e. The second kappa shape index (κ2) is 6.83. The lowest BCUT2D eigenvalue weighted by molar-refractivity contribution is 0.0822. The van der Waals surface area contributed by atoms with Crippen molar-refractivity contribution in [2.45, 2.75) is 44.4 Å². The summed E-state index contributed by atoms with van der Waals surface area (Å²) in [5.41, 5.74) is 2.92. The Balaban J connectivity index is 1.44. The highest BCUT2D eigenvalue weighted by Crippen LogP contribution is 2.40. The van der Waals surface area contributed by atoms with Crippen molar-refractivity contribution in [1.29, 1.82) is 0 Å². The number of benzene rings is 2. The van der Waals surface area contributed by atoms with E-state index in [-0.39, 0.29) is 11.9 Å². The van der Waals surface area contributed by atoms with Gasteiger partial charge in [0.2, 0.25) is 5.96 Å². The Kier molecular flexibility index (Phi) is 3.97. The molecule has 2 atom stereocenters. The van der Waals surface area contributed by atoms with Crippen molar-refractivity contribution in [3.63, 3.8) is 0 Å². The molecule has 0 saturated heterocycles. The number of anilines is 1. The minimum Gasteiger partial charge on any atom is -0.320 e. The number of amides is 1. The molecular weight excluding hydrogens is 374 g/mol. The molecule has 0 unspecified atom stereocenters. The summed E-state index contributed by atoms with van der Waals surface area (Å²) < 4.78 is 1.99. The van der Waals surface area contributed by atoms with Crippen molar-refractivity contribution in [2.75, 3.05) is 4.90 Å². The maximum absolute atomic E-state index is 13.7. The van der Waals surface area contributed by atoms with Gasteiger partial charge in [-0.2, -0.15) is 0 Å². The van der Waals surface area contributed by atoms with Crippen molar-refractivity contribution < 1.29 is 4.79 Å². The summed E-state index contributed by atoms with van der Waals surface area (Å²) in [7, 11) is 0. The lowest BCUT2D eigenvalue weighted by atomic mass is 10.1. The molecular formula is C24H23N5O. The third-order valence-electron chi connectivity index (χ3n) is 6.39. The molecule has 1 aromatic heterocycles. The Bertz CT molecular complexity index is 1120. The molecule has 150 valence electrons. The van der Waals surface area contributed by atoms with E-state index in [1.165, 1.54) is 6.42 Å². The zero-order valence-electron chi connectivity index (χ0n) is 16.7. The van der Waals surface area contributed by atoms with Crippen LogP contribution in [0.2, 0.25) is 0 Å².